The zero-order chi connectivity index (χ0) is 17.6. The quantitative estimate of drug-likeness (QED) is 0.794. The number of halogens is 1. The first-order valence-electron chi connectivity index (χ1n) is 8.66. The molecule has 1 saturated heterocycles. The highest BCUT2D eigenvalue weighted by Crippen LogP contribution is 2.25. The standard InChI is InChI=1S/C20H24FN3O/c1-15-12-24(8-7-23-15)13-17-3-2-4-18(9-17)19-10-16(11-22-14-25)5-6-20(19)21/h2-6,9-10,14-15,23H,7-8,11-13H2,1H3,(H,22,25)/t15-/m0/s1. The Morgan fingerprint density at radius 3 is 2.96 bits per heavy atom. The number of piperazine rings is 1. The van der Waals surface area contributed by atoms with Crippen LogP contribution >= 0.6 is 0 Å². The molecule has 1 atom stereocenters. The summed E-state index contributed by atoms with van der Waals surface area (Å²) in [6.45, 7) is 6.50. The second kappa shape index (κ2) is 8.23. The number of carbonyl (C=O) groups excluding carboxylic acids is 1. The Hall–Kier alpha value is -2.24. The van der Waals surface area contributed by atoms with Crippen molar-refractivity contribution in [3.8, 4) is 11.1 Å². The molecule has 0 unspecified atom stereocenters. The predicted octanol–water partition coefficient (Wildman–Crippen LogP) is 2.53. The zero-order valence-electron chi connectivity index (χ0n) is 14.5. The molecular formula is C20H24FN3O. The van der Waals surface area contributed by atoms with E-state index in [0.29, 0.717) is 24.6 Å². The summed E-state index contributed by atoms with van der Waals surface area (Å²) in [7, 11) is 0. The number of nitrogens with zero attached hydrogens (tertiary/aromatic N) is 1. The van der Waals surface area contributed by atoms with Crippen LogP contribution in [-0.2, 0) is 17.9 Å². The lowest BCUT2D eigenvalue weighted by Gasteiger charge is -2.31. The smallest absolute Gasteiger partial charge is 0.207 e. The van der Waals surface area contributed by atoms with Gasteiger partial charge in [0.15, 0.2) is 0 Å². The summed E-state index contributed by atoms with van der Waals surface area (Å²) in [4.78, 5) is 12.9. The van der Waals surface area contributed by atoms with Crippen LogP contribution in [0.3, 0.4) is 0 Å². The summed E-state index contributed by atoms with van der Waals surface area (Å²) in [5.41, 5.74) is 3.50. The van der Waals surface area contributed by atoms with Gasteiger partial charge in [0.25, 0.3) is 0 Å². The van der Waals surface area contributed by atoms with E-state index < -0.39 is 0 Å². The van der Waals surface area contributed by atoms with E-state index in [1.807, 2.05) is 12.1 Å². The van der Waals surface area contributed by atoms with Gasteiger partial charge in [0.05, 0.1) is 0 Å². The molecule has 0 aromatic heterocycles. The van der Waals surface area contributed by atoms with Crippen LogP contribution < -0.4 is 10.6 Å². The van der Waals surface area contributed by atoms with Gasteiger partial charge in [-0.1, -0.05) is 24.3 Å². The molecule has 1 aliphatic rings. The van der Waals surface area contributed by atoms with Gasteiger partial charge in [-0.15, -0.1) is 0 Å². The van der Waals surface area contributed by atoms with Gasteiger partial charge >= 0.3 is 0 Å². The fourth-order valence-corrected chi connectivity index (χ4v) is 3.31. The fraction of sp³-hybridized carbons (Fsp3) is 0.350. The molecule has 5 heteroatoms. The number of hydrogen-bond acceptors (Lipinski definition) is 3. The van der Waals surface area contributed by atoms with Crippen molar-refractivity contribution in [1.29, 1.82) is 0 Å². The number of carbonyl (C=O) groups is 1. The maximum atomic E-state index is 14.3. The first kappa shape index (κ1) is 17.6. The third kappa shape index (κ3) is 4.65. The molecule has 1 fully saturated rings. The van der Waals surface area contributed by atoms with Crippen molar-refractivity contribution in [2.24, 2.45) is 0 Å². The van der Waals surface area contributed by atoms with E-state index in [-0.39, 0.29) is 5.82 Å². The molecule has 3 rings (SSSR count). The van der Waals surface area contributed by atoms with Crippen LogP contribution in [0, 0.1) is 5.82 Å². The van der Waals surface area contributed by atoms with Crippen molar-refractivity contribution < 1.29 is 9.18 Å². The largest absolute Gasteiger partial charge is 0.355 e. The van der Waals surface area contributed by atoms with E-state index in [9.17, 15) is 9.18 Å². The van der Waals surface area contributed by atoms with E-state index in [4.69, 9.17) is 0 Å². The number of benzene rings is 2. The minimum atomic E-state index is -0.247. The topological polar surface area (TPSA) is 44.4 Å². The summed E-state index contributed by atoms with van der Waals surface area (Å²) >= 11 is 0. The van der Waals surface area contributed by atoms with Gasteiger partial charge in [-0.25, -0.2) is 4.39 Å². The molecule has 0 spiro atoms. The minimum absolute atomic E-state index is 0.247. The molecule has 2 aromatic rings. The Bertz CT molecular complexity index is 735. The normalized spacial score (nSPS) is 18.1. The summed E-state index contributed by atoms with van der Waals surface area (Å²) < 4.78 is 14.3. The van der Waals surface area contributed by atoms with Gasteiger partial charge in [0.1, 0.15) is 5.82 Å². The molecule has 0 aliphatic carbocycles. The number of amides is 1. The number of nitrogens with one attached hydrogen (secondary N) is 2. The lowest BCUT2D eigenvalue weighted by atomic mass is 10.00. The molecule has 0 bridgehead atoms. The van der Waals surface area contributed by atoms with Crippen LogP contribution in [0.2, 0.25) is 0 Å². The highest BCUT2D eigenvalue weighted by Gasteiger charge is 2.16. The SMILES string of the molecule is C[C@H]1CN(Cc2cccc(-c3cc(CNC=O)ccc3F)c2)CCN1. The number of rotatable bonds is 6. The average Bonchev–Trinajstić information content (AvgIpc) is 2.61. The van der Waals surface area contributed by atoms with Gasteiger partial charge in [0.2, 0.25) is 6.41 Å². The Morgan fingerprint density at radius 1 is 1.28 bits per heavy atom. The van der Waals surface area contributed by atoms with Crippen LogP contribution in [0.25, 0.3) is 11.1 Å². The van der Waals surface area contributed by atoms with Crippen LogP contribution in [0.15, 0.2) is 42.5 Å². The molecule has 0 saturated carbocycles. The molecule has 1 heterocycles. The van der Waals surface area contributed by atoms with Crippen molar-refractivity contribution in [2.75, 3.05) is 19.6 Å². The van der Waals surface area contributed by atoms with E-state index in [1.54, 1.807) is 12.1 Å². The molecule has 1 aliphatic heterocycles. The summed E-state index contributed by atoms with van der Waals surface area (Å²) in [5, 5.41) is 6.06. The van der Waals surface area contributed by atoms with Crippen molar-refractivity contribution in [3.63, 3.8) is 0 Å². The van der Waals surface area contributed by atoms with Gasteiger partial charge in [0, 0.05) is 44.3 Å². The van der Waals surface area contributed by atoms with Gasteiger partial charge in [-0.2, -0.15) is 0 Å². The average molecular weight is 341 g/mol. The van der Waals surface area contributed by atoms with Crippen LogP contribution in [0.5, 0.6) is 0 Å². The maximum absolute atomic E-state index is 14.3. The Kier molecular flexibility index (Phi) is 5.79. The highest BCUT2D eigenvalue weighted by molar-refractivity contribution is 5.66. The monoisotopic (exact) mass is 341 g/mol. The zero-order valence-corrected chi connectivity index (χ0v) is 14.5. The van der Waals surface area contributed by atoms with Crippen molar-refractivity contribution >= 4 is 6.41 Å². The van der Waals surface area contributed by atoms with Crippen LogP contribution in [-0.4, -0.2) is 37.0 Å². The Morgan fingerprint density at radius 2 is 2.16 bits per heavy atom. The molecule has 4 nitrogen and oxygen atoms in total. The second-order valence-corrected chi connectivity index (χ2v) is 6.60. The van der Waals surface area contributed by atoms with E-state index in [2.05, 4.69) is 34.6 Å². The fourth-order valence-electron chi connectivity index (χ4n) is 3.31. The number of hydrogen-bond donors (Lipinski definition) is 2. The molecule has 25 heavy (non-hydrogen) atoms. The van der Waals surface area contributed by atoms with Crippen LogP contribution in [0.1, 0.15) is 18.1 Å². The molecule has 132 valence electrons. The van der Waals surface area contributed by atoms with E-state index in [0.717, 1.165) is 37.3 Å². The van der Waals surface area contributed by atoms with Gasteiger partial charge in [-0.05, 0) is 41.8 Å². The van der Waals surface area contributed by atoms with E-state index >= 15 is 0 Å². The Balaban J connectivity index is 1.80. The highest BCUT2D eigenvalue weighted by atomic mass is 19.1. The molecule has 2 aromatic carbocycles. The van der Waals surface area contributed by atoms with E-state index in [1.165, 1.54) is 11.6 Å². The minimum Gasteiger partial charge on any atom is -0.355 e. The lowest BCUT2D eigenvalue weighted by molar-refractivity contribution is -0.109. The summed E-state index contributed by atoms with van der Waals surface area (Å²) in [6, 6.07) is 13.5. The van der Waals surface area contributed by atoms with Crippen molar-refractivity contribution in [3.05, 3.63) is 59.4 Å². The van der Waals surface area contributed by atoms with Crippen molar-refractivity contribution in [2.45, 2.75) is 26.1 Å². The molecular weight excluding hydrogens is 317 g/mol. The van der Waals surface area contributed by atoms with Gasteiger partial charge < -0.3 is 10.6 Å². The third-order valence-electron chi connectivity index (χ3n) is 4.52. The predicted molar refractivity (Wildman–Crippen MR) is 97.5 cm³/mol. The summed E-state index contributed by atoms with van der Waals surface area (Å²) in [5.74, 6) is -0.247. The third-order valence-corrected chi connectivity index (χ3v) is 4.52. The Labute approximate surface area is 148 Å². The first-order valence-corrected chi connectivity index (χ1v) is 8.66. The van der Waals surface area contributed by atoms with Crippen molar-refractivity contribution in [1.82, 2.24) is 15.5 Å². The molecule has 0 radical (unpaired) electrons. The summed E-state index contributed by atoms with van der Waals surface area (Å²) in [6.07, 6.45) is 0.651. The molecule has 2 N–H and O–H groups in total. The molecule has 1 amide bonds. The van der Waals surface area contributed by atoms with Crippen LogP contribution in [0.4, 0.5) is 4.39 Å². The van der Waals surface area contributed by atoms with Gasteiger partial charge in [-0.3, -0.25) is 9.69 Å². The lowest BCUT2D eigenvalue weighted by Crippen LogP contribution is -2.48. The maximum Gasteiger partial charge on any atom is 0.207 e. The first-order chi connectivity index (χ1) is 12.2. The second-order valence-electron chi connectivity index (χ2n) is 6.60.